The van der Waals surface area contributed by atoms with Crippen molar-refractivity contribution in [3.8, 4) is 0 Å². The third kappa shape index (κ3) is 2.10. The molecule has 0 aromatic heterocycles. The normalized spacial score (nSPS) is 16.4. The van der Waals surface area contributed by atoms with Gasteiger partial charge in [-0.3, -0.25) is 0 Å². The molecule has 79 valence electrons. The molecule has 0 saturated carbocycles. The molecule has 0 amide bonds. The first-order valence-corrected chi connectivity index (χ1v) is 4.99. The van der Waals surface area contributed by atoms with Crippen LogP contribution in [0.2, 0.25) is 0 Å². The van der Waals surface area contributed by atoms with Crippen LogP contribution in [0.4, 0.5) is 5.69 Å². The summed E-state index contributed by atoms with van der Waals surface area (Å²) in [5, 5.41) is 13.3. The van der Waals surface area contributed by atoms with E-state index < -0.39 is 5.97 Å². The number of nitrogens with zero attached hydrogens (tertiary/aromatic N) is 2. The van der Waals surface area contributed by atoms with Crippen LogP contribution in [0.1, 0.15) is 10.4 Å². The molecule has 0 unspecified atom stereocenters. The lowest BCUT2D eigenvalue weighted by molar-refractivity contribution is 0.0697. The van der Waals surface area contributed by atoms with E-state index in [0.29, 0.717) is 5.56 Å². The lowest BCUT2D eigenvalue weighted by Gasteiger charge is -2.29. The van der Waals surface area contributed by atoms with E-state index >= 15 is 0 Å². The molecule has 0 bridgehead atoms. The van der Waals surface area contributed by atoms with Crippen molar-refractivity contribution in [3.63, 3.8) is 0 Å². The van der Waals surface area contributed by atoms with Gasteiger partial charge in [0.15, 0.2) is 0 Å². The van der Waals surface area contributed by atoms with Crippen molar-refractivity contribution < 1.29 is 9.90 Å². The second-order valence-corrected chi connectivity index (χ2v) is 3.48. The van der Waals surface area contributed by atoms with E-state index in [2.05, 4.69) is 10.2 Å². The molecule has 1 N–H and O–H groups in total. The van der Waals surface area contributed by atoms with Gasteiger partial charge in [0, 0.05) is 26.2 Å². The number of hydrogen-bond acceptors (Lipinski definition) is 2. The molecule has 0 atom stereocenters. The van der Waals surface area contributed by atoms with Crippen molar-refractivity contribution in [2.75, 3.05) is 31.1 Å². The number of piperazine rings is 1. The standard InChI is InChI=1S/C11H13N2O2/c14-11(15)9-3-1-2-4-10(9)13-7-5-12-6-8-13/h1-4H,5-8H2,(H,14,15). The molecule has 1 fully saturated rings. The number of anilines is 1. The van der Waals surface area contributed by atoms with Gasteiger partial charge in [-0.05, 0) is 12.1 Å². The number of carbonyl (C=O) groups is 1. The van der Waals surface area contributed by atoms with Gasteiger partial charge >= 0.3 is 5.97 Å². The van der Waals surface area contributed by atoms with Crippen LogP contribution in [0.5, 0.6) is 0 Å². The average Bonchev–Trinajstić information content (AvgIpc) is 2.30. The van der Waals surface area contributed by atoms with Gasteiger partial charge in [-0.15, -0.1) is 0 Å². The summed E-state index contributed by atoms with van der Waals surface area (Å²) in [4.78, 5) is 13.1. The number of benzene rings is 1. The molecule has 1 aromatic carbocycles. The predicted molar refractivity (Wildman–Crippen MR) is 57.5 cm³/mol. The summed E-state index contributed by atoms with van der Waals surface area (Å²) in [6, 6.07) is 7.12. The fourth-order valence-corrected chi connectivity index (χ4v) is 1.78. The SMILES string of the molecule is O=C(O)c1ccccc1N1CC[N]CC1. The molecular weight excluding hydrogens is 192 g/mol. The Kier molecular flexibility index (Phi) is 2.87. The highest BCUT2D eigenvalue weighted by atomic mass is 16.4. The van der Waals surface area contributed by atoms with E-state index in [1.807, 2.05) is 12.1 Å². The molecule has 1 aromatic rings. The van der Waals surface area contributed by atoms with Gasteiger partial charge in [0.25, 0.3) is 0 Å². The summed E-state index contributed by atoms with van der Waals surface area (Å²) in [5.41, 5.74) is 1.18. The van der Waals surface area contributed by atoms with Crippen LogP contribution in [-0.4, -0.2) is 37.3 Å². The molecule has 0 aliphatic carbocycles. The first-order chi connectivity index (χ1) is 7.29. The van der Waals surface area contributed by atoms with Crippen LogP contribution in [0.15, 0.2) is 24.3 Å². The van der Waals surface area contributed by atoms with Gasteiger partial charge in [0.2, 0.25) is 0 Å². The number of carboxylic acid groups (broad SMARTS) is 1. The molecule has 1 heterocycles. The Morgan fingerprint density at radius 3 is 2.60 bits per heavy atom. The Labute approximate surface area is 88.5 Å². The zero-order valence-corrected chi connectivity index (χ0v) is 8.39. The van der Waals surface area contributed by atoms with Crippen LogP contribution in [0.25, 0.3) is 0 Å². The van der Waals surface area contributed by atoms with E-state index in [1.165, 1.54) is 0 Å². The lowest BCUT2D eigenvalue weighted by atomic mass is 10.1. The lowest BCUT2D eigenvalue weighted by Crippen LogP contribution is -2.40. The van der Waals surface area contributed by atoms with Crippen LogP contribution >= 0.6 is 0 Å². The monoisotopic (exact) mass is 205 g/mol. The Bertz CT molecular complexity index is 359. The molecule has 15 heavy (non-hydrogen) atoms. The summed E-state index contributed by atoms with van der Waals surface area (Å²) in [6.45, 7) is 3.19. The van der Waals surface area contributed by atoms with E-state index in [0.717, 1.165) is 31.9 Å². The maximum absolute atomic E-state index is 11.0. The molecule has 1 saturated heterocycles. The van der Waals surface area contributed by atoms with Crippen molar-refractivity contribution in [3.05, 3.63) is 29.8 Å². The summed E-state index contributed by atoms with van der Waals surface area (Å²) >= 11 is 0. The van der Waals surface area contributed by atoms with Crippen molar-refractivity contribution in [1.82, 2.24) is 5.32 Å². The highest BCUT2D eigenvalue weighted by Crippen LogP contribution is 2.20. The number of aromatic carboxylic acids is 1. The topological polar surface area (TPSA) is 54.6 Å². The highest BCUT2D eigenvalue weighted by molar-refractivity contribution is 5.94. The minimum absolute atomic E-state index is 0.374. The minimum atomic E-state index is -0.867. The highest BCUT2D eigenvalue weighted by Gasteiger charge is 2.17. The van der Waals surface area contributed by atoms with Gasteiger partial charge in [0.05, 0.1) is 11.3 Å². The molecule has 1 aliphatic heterocycles. The number of para-hydroxylation sites is 1. The summed E-state index contributed by atoms with van der Waals surface area (Å²) < 4.78 is 0. The van der Waals surface area contributed by atoms with E-state index in [1.54, 1.807) is 12.1 Å². The number of rotatable bonds is 2. The van der Waals surface area contributed by atoms with Gasteiger partial charge in [-0.1, -0.05) is 12.1 Å². The van der Waals surface area contributed by atoms with E-state index in [-0.39, 0.29) is 0 Å². The van der Waals surface area contributed by atoms with Crippen molar-refractivity contribution >= 4 is 11.7 Å². The fraction of sp³-hybridized carbons (Fsp3) is 0.364. The molecule has 0 spiro atoms. The zero-order chi connectivity index (χ0) is 10.7. The van der Waals surface area contributed by atoms with Crippen LogP contribution in [-0.2, 0) is 0 Å². The summed E-state index contributed by atoms with van der Waals surface area (Å²) in [7, 11) is 0. The third-order valence-corrected chi connectivity index (χ3v) is 2.53. The van der Waals surface area contributed by atoms with Gasteiger partial charge in [-0.2, -0.15) is 0 Å². The second-order valence-electron chi connectivity index (χ2n) is 3.48. The molecule has 1 radical (unpaired) electrons. The first-order valence-electron chi connectivity index (χ1n) is 4.99. The Morgan fingerprint density at radius 2 is 1.93 bits per heavy atom. The number of carboxylic acids is 1. The van der Waals surface area contributed by atoms with Gasteiger partial charge < -0.3 is 10.0 Å². The Balaban J connectivity index is 2.29. The average molecular weight is 205 g/mol. The van der Waals surface area contributed by atoms with Crippen molar-refractivity contribution in [2.45, 2.75) is 0 Å². The summed E-state index contributed by atoms with van der Waals surface area (Å²) in [5.74, 6) is -0.867. The fourth-order valence-electron chi connectivity index (χ4n) is 1.78. The van der Waals surface area contributed by atoms with Gasteiger partial charge in [-0.25, -0.2) is 10.1 Å². The van der Waals surface area contributed by atoms with Crippen LogP contribution in [0, 0.1) is 0 Å². The smallest absolute Gasteiger partial charge is 0.337 e. The second kappa shape index (κ2) is 4.31. The first kappa shape index (κ1) is 9.98. The Morgan fingerprint density at radius 1 is 1.27 bits per heavy atom. The molecule has 4 heteroatoms. The number of hydrogen-bond donors (Lipinski definition) is 1. The minimum Gasteiger partial charge on any atom is -0.478 e. The Hall–Kier alpha value is -1.55. The maximum Gasteiger partial charge on any atom is 0.337 e. The van der Waals surface area contributed by atoms with Crippen LogP contribution in [0.3, 0.4) is 0 Å². The molecule has 1 aliphatic rings. The maximum atomic E-state index is 11.0. The molecule has 2 rings (SSSR count). The van der Waals surface area contributed by atoms with Crippen molar-refractivity contribution in [1.29, 1.82) is 0 Å². The quantitative estimate of drug-likeness (QED) is 0.777. The van der Waals surface area contributed by atoms with Crippen LogP contribution < -0.4 is 10.2 Å². The third-order valence-electron chi connectivity index (χ3n) is 2.53. The molecular formula is C11H13N2O2. The largest absolute Gasteiger partial charge is 0.478 e. The van der Waals surface area contributed by atoms with E-state index in [9.17, 15) is 4.79 Å². The van der Waals surface area contributed by atoms with Crippen molar-refractivity contribution in [2.24, 2.45) is 0 Å². The summed E-state index contributed by atoms with van der Waals surface area (Å²) in [6.07, 6.45) is 0. The predicted octanol–water partition coefficient (Wildman–Crippen LogP) is 0.809. The zero-order valence-electron chi connectivity index (χ0n) is 8.39. The van der Waals surface area contributed by atoms with E-state index in [4.69, 9.17) is 5.11 Å². The molecule has 4 nitrogen and oxygen atoms in total. The van der Waals surface area contributed by atoms with Gasteiger partial charge in [0.1, 0.15) is 0 Å².